The van der Waals surface area contributed by atoms with Gasteiger partial charge in [-0.05, 0) is 60.7 Å². The average molecular weight is 462 g/mol. The fourth-order valence-electron chi connectivity index (χ4n) is 4.74. The third kappa shape index (κ3) is 3.98. The first-order chi connectivity index (χ1) is 15.8. The van der Waals surface area contributed by atoms with Crippen molar-refractivity contribution in [1.82, 2.24) is 0 Å². The molecule has 0 fully saturated rings. The van der Waals surface area contributed by atoms with E-state index in [1.807, 2.05) is 25.1 Å². The van der Waals surface area contributed by atoms with E-state index >= 15 is 0 Å². The summed E-state index contributed by atoms with van der Waals surface area (Å²) >= 11 is 0. The number of sulfonamides is 1. The van der Waals surface area contributed by atoms with Crippen LogP contribution in [0.4, 0.5) is 17.1 Å². The third-order valence-corrected chi connectivity index (χ3v) is 7.77. The van der Waals surface area contributed by atoms with Gasteiger partial charge in [0.05, 0.1) is 15.9 Å². The van der Waals surface area contributed by atoms with Gasteiger partial charge >= 0.3 is 0 Å². The van der Waals surface area contributed by atoms with E-state index in [0.29, 0.717) is 5.69 Å². The standard InChI is InChI=1S/C25H23N3O4S/c1-16-8-10-18(11-9-16)27-33(31,32)20-12-13-24-23(15-20)21-6-3-7-22(21)25(26-24)17-4-2-5-19(14-17)28(29)30/h2-6,8-15,21-22,25-27H,7H2,1H3/t21-,22+,25+/m0/s1. The molecule has 1 heterocycles. The second-order valence-corrected chi connectivity index (χ2v) is 10.2. The van der Waals surface area contributed by atoms with Crippen molar-refractivity contribution in [2.75, 3.05) is 10.0 Å². The summed E-state index contributed by atoms with van der Waals surface area (Å²) in [5.74, 6) is 0.169. The number of hydrogen-bond acceptors (Lipinski definition) is 5. The summed E-state index contributed by atoms with van der Waals surface area (Å²) in [6.07, 6.45) is 5.02. The van der Waals surface area contributed by atoms with Crippen LogP contribution in [-0.2, 0) is 10.0 Å². The van der Waals surface area contributed by atoms with Crippen LogP contribution in [0.25, 0.3) is 0 Å². The van der Waals surface area contributed by atoms with Gasteiger partial charge in [-0.2, -0.15) is 0 Å². The first-order valence-electron chi connectivity index (χ1n) is 10.7. The van der Waals surface area contributed by atoms with Gasteiger partial charge in [0.1, 0.15) is 0 Å². The number of nitro groups is 1. The summed E-state index contributed by atoms with van der Waals surface area (Å²) in [7, 11) is -3.75. The zero-order chi connectivity index (χ0) is 23.2. The van der Waals surface area contributed by atoms with Gasteiger partial charge in [0.25, 0.3) is 15.7 Å². The van der Waals surface area contributed by atoms with Gasteiger partial charge in [-0.15, -0.1) is 0 Å². The molecule has 2 aliphatic rings. The molecule has 1 aliphatic heterocycles. The molecular weight excluding hydrogens is 438 g/mol. The molecule has 0 radical (unpaired) electrons. The highest BCUT2D eigenvalue weighted by Crippen LogP contribution is 2.50. The summed E-state index contributed by atoms with van der Waals surface area (Å²) < 4.78 is 28.7. The molecule has 3 atom stereocenters. The van der Waals surface area contributed by atoms with E-state index in [1.165, 1.54) is 6.07 Å². The lowest BCUT2D eigenvalue weighted by Crippen LogP contribution is -2.29. The normalized spacial score (nSPS) is 21.1. The summed E-state index contributed by atoms with van der Waals surface area (Å²) in [4.78, 5) is 11.1. The molecule has 0 saturated carbocycles. The number of anilines is 2. The van der Waals surface area contributed by atoms with Crippen molar-refractivity contribution in [3.05, 3.63) is 106 Å². The predicted octanol–water partition coefficient (Wildman–Crippen LogP) is 5.53. The molecule has 1 aliphatic carbocycles. The van der Waals surface area contributed by atoms with E-state index in [9.17, 15) is 18.5 Å². The topological polar surface area (TPSA) is 101 Å². The average Bonchev–Trinajstić information content (AvgIpc) is 3.30. The number of hydrogen-bond donors (Lipinski definition) is 2. The van der Waals surface area contributed by atoms with E-state index in [-0.39, 0.29) is 33.4 Å². The Balaban J connectivity index is 1.48. The molecule has 5 rings (SSSR count). The smallest absolute Gasteiger partial charge is 0.269 e. The zero-order valence-electron chi connectivity index (χ0n) is 17.9. The Morgan fingerprint density at radius 1 is 1.06 bits per heavy atom. The third-order valence-electron chi connectivity index (χ3n) is 6.39. The van der Waals surface area contributed by atoms with Crippen molar-refractivity contribution in [3.8, 4) is 0 Å². The lowest BCUT2D eigenvalue weighted by Gasteiger charge is -2.37. The van der Waals surface area contributed by atoms with Crippen LogP contribution >= 0.6 is 0 Å². The molecule has 0 unspecified atom stereocenters. The van der Waals surface area contributed by atoms with Crippen LogP contribution in [0.1, 0.15) is 35.1 Å². The molecule has 3 aromatic carbocycles. The van der Waals surface area contributed by atoms with Gasteiger partial charge in [-0.25, -0.2) is 8.42 Å². The lowest BCUT2D eigenvalue weighted by molar-refractivity contribution is -0.384. The monoisotopic (exact) mass is 461 g/mol. The molecule has 33 heavy (non-hydrogen) atoms. The lowest BCUT2D eigenvalue weighted by atomic mass is 9.77. The Morgan fingerprint density at radius 2 is 1.85 bits per heavy atom. The van der Waals surface area contributed by atoms with E-state index in [1.54, 1.807) is 42.5 Å². The molecule has 7 nitrogen and oxygen atoms in total. The molecule has 8 heteroatoms. The Labute approximate surface area is 192 Å². The summed E-state index contributed by atoms with van der Waals surface area (Å²) in [5.41, 5.74) is 4.24. The molecule has 168 valence electrons. The zero-order valence-corrected chi connectivity index (χ0v) is 18.7. The summed E-state index contributed by atoms with van der Waals surface area (Å²) in [5, 5.41) is 14.8. The Bertz CT molecular complexity index is 1370. The quantitative estimate of drug-likeness (QED) is 0.295. The number of rotatable bonds is 5. The maximum absolute atomic E-state index is 13.0. The second kappa shape index (κ2) is 8.04. The number of nitrogens with zero attached hydrogens (tertiary/aromatic N) is 1. The fraction of sp³-hybridized carbons (Fsp3) is 0.200. The fourth-order valence-corrected chi connectivity index (χ4v) is 5.83. The molecule has 2 N–H and O–H groups in total. The van der Waals surface area contributed by atoms with Gasteiger partial charge in [0, 0.05) is 29.4 Å². The van der Waals surface area contributed by atoms with Crippen LogP contribution in [0.2, 0.25) is 0 Å². The van der Waals surface area contributed by atoms with Crippen molar-refractivity contribution >= 4 is 27.1 Å². The van der Waals surface area contributed by atoms with Crippen LogP contribution in [0, 0.1) is 23.0 Å². The molecule has 3 aromatic rings. The highest BCUT2D eigenvalue weighted by Gasteiger charge is 2.38. The van der Waals surface area contributed by atoms with E-state index < -0.39 is 10.0 Å². The number of fused-ring (bicyclic) bond motifs is 3. The Hall–Kier alpha value is -3.65. The highest BCUT2D eigenvalue weighted by molar-refractivity contribution is 7.92. The van der Waals surface area contributed by atoms with Gasteiger partial charge in [-0.3, -0.25) is 14.8 Å². The first kappa shape index (κ1) is 21.2. The number of nitro benzene ring substituents is 1. The number of nitrogens with one attached hydrogen (secondary N) is 2. The molecule has 0 aromatic heterocycles. The summed E-state index contributed by atoms with van der Waals surface area (Å²) in [6, 6.07) is 18.9. The number of aryl methyl sites for hydroxylation is 1. The van der Waals surface area contributed by atoms with Crippen LogP contribution in [-0.4, -0.2) is 13.3 Å². The van der Waals surface area contributed by atoms with E-state index in [4.69, 9.17) is 0 Å². The maximum atomic E-state index is 13.0. The number of benzene rings is 3. The van der Waals surface area contributed by atoms with Crippen LogP contribution in [0.15, 0.2) is 83.8 Å². The van der Waals surface area contributed by atoms with Gasteiger partial charge in [-0.1, -0.05) is 42.0 Å². The minimum Gasteiger partial charge on any atom is -0.378 e. The largest absolute Gasteiger partial charge is 0.378 e. The van der Waals surface area contributed by atoms with Crippen molar-refractivity contribution in [3.63, 3.8) is 0 Å². The van der Waals surface area contributed by atoms with Gasteiger partial charge < -0.3 is 5.32 Å². The maximum Gasteiger partial charge on any atom is 0.269 e. The minimum absolute atomic E-state index is 0.0278. The van der Waals surface area contributed by atoms with E-state index in [0.717, 1.165) is 28.8 Å². The molecule has 0 amide bonds. The number of allylic oxidation sites excluding steroid dienone is 2. The number of non-ortho nitro benzene ring substituents is 1. The SMILES string of the molecule is Cc1ccc(NS(=O)(=O)c2ccc3c(c2)[C@H]2C=CC[C@H]2[C@@H](c2cccc([N+](=O)[O-])c2)N3)cc1. The molecule has 0 bridgehead atoms. The van der Waals surface area contributed by atoms with Crippen LogP contribution in [0.5, 0.6) is 0 Å². The van der Waals surface area contributed by atoms with Crippen molar-refractivity contribution in [2.45, 2.75) is 30.2 Å². The van der Waals surface area contributed by atoms with Crippen molar-refractivity contribution in [2.24, 2.45) is 5.92 Å². The first-order valence-corrected chi connectivity index (χ1v) is 12.2. The van der Waals surface area contributed by atoms with E-state index in [2.05, 4.69) is 22.2 Å². The van der Waals surface area contributed by atoms with Gasteiger partial charge in [0.15, 0.2) is 0 Å². The highest BCUT2D eigenvalue weighted by atomic mass is 32.2. The van der Waals surface area contributed by atoms with Crippen LogP contribution in [0.3, 0.4) is 0 Å². The minimum atomic E-state index is -3.75. The Kier molecular flexibility index (Phi) is 5.17. The Morgan fingerprint density at radius 3 is 2.61 bits per heavy atom. The van der Waals surface area contributed by atoms with Crippen LogP contribution < -0.4 is 10.0 Å². The van der Waals surface area contributed by atoms with Gasteiger partial charge in [0.2, 0.25) is 0 Å². The molecule has 0 spiro atoms. The second-order valence-electron chi connectivity index (χ2n) is 8.55. The van der Waals surface area contributed by atoms with Crippen molar-refractivity contribution in [1.29, 1.82) is 0 Å². The molecular formula is C25H23N3O4S. The summed E-state index contributed by atoms with van der Waals surface area (Å²) in [6.45, 7) is 1.95. The van der Waals surface area contributed by atoms with Crippen molar-refractivity contribution < 1.29 is 13.3 Å². The predicted molar refractivity (Wildman–Crippen MR) is 128 cm³/mol. The molecule has 0 saturated heterocycles.